The predicted octanol–water partition coefficient (Wildman–Crippen LogP) is 6.35. The van der Waals surface area contributed by atoms with Crippen LogP contribution in [0.4, 0.5) is 5.69 Å². The summed E-state index contributed by atoms with van der Waals surface area (Å²) in [5.74, 6) is 0.00509. The Bertz CT molecular complexity index is 609. The summed E-state index contributed by atoms with van der Waals surface area (Å²) in [6.07, 6.45) is 21.6. The maximum atomic E-state index is 12.4. The van der Waals surface area contributed by atoms with Gasteiger partial charge < -0.3 is 19.7 Å². The summed E-state index contributed by atoms with van der Waals surface area (Å²) in [5, 5.41) is 6.16. The van der Waals surface area contributed by atoms with Crippen molar-refractivity contribution in [2.75, 3.05) is 46.1 Å². The fourth-order valence-electron chi connectivity index (χ4n) is 4.34. The molecule has 1 amide bonds. The minimum atomic E-state index is 0.00509. The third-order valence-electron chi connectivity index (χ3n) is 6.65. The van der Waals surface area contributed by atoms with Crippen LogP contribution in [0.1, 0.15) is 107 Å². The van der Waals surface area contributed by atoms with Crippen LogP contribution < -0.4 is 10.6 Å². The summed E-state index contributed by atoms with van der Waals surface area (Å²) in [7, 11) is 8.33. The molecule has 1 rings (SSSR count). The van der Waals surface area contributed by atoms with E-state index in [1.54, 1.807) is 0 Å². The van der Waals surface area contributed by atoms with Crippen LogP contribution in [0.25, 0.3) is 0 Å². The van der Waals surface area contributed by atoms with Gasteiger partial charge >= 0.3 is 0 Å². The zero-order valence-electron chi connectivity index (χ0n) is 22.0. The number of hydrogen-bond acceptors (Lipinski definition) is 2. The largest absolute Gasteiger partial charge is 0.387 e. The van der Waals surface area contributed by atoms with E-state index in [2.05, 4.69) is 31.7 Å². The topological polar surface area (TPSA) is 46.1 Å². The first-order valence-electron chi connectivity index (χ1n) is 13.3. The maximum absolute atomic E-state index is 12.4. The average molecular weight is 450 g/mol. The molecule has 0 saturated heterocycles. The molecular weight excluding hydrogens is 396 g/mol. The average Bonchev–Trinajstić information content (AvgIpc) is 3.14. The molecule has 0 unspecified atom stereocenters. The molecule has 0 saturated carbocycles. The van der Waals surface area contributed by atoms with Crippen LogP contribution in [-0.4, -0.2) is 55.7 Å². The first-order valence-corrected chi connectivity index (χ1v) is 13.3. The van der Waals surface area contributed by atoms with Gasteiger partial charge in [-0.3, -0.25) is 4.79 Å². The van der Waals surface area contributed by atoms with Crippen molar-refractivity contribution in [2.45, 2.75) is 96.8 Å². The molecule has 32 heavy (non-hydrogen) atoms. The molecule has 1 heterocycles. The van der Waals surface area contributed by atoms with Crippen molar-refractivity contribution in [3.63, 3.8) is 0 Å². The monoisotopic (exact) mass is 449 g/mol. The van der Waals surface area contributed by atoms with Crippen LogP contribution in [-0.2, 0) is 7.05 Å². The number of unbranched alkanes of at least 4 members (excludes halogenated alkanes) is 13. The van der Waals surface area contributed by atoms with Gasteiger partial charge in [0.15, 0.2) is 0 Å². The maximum Gasteiger partial charge on any atom is 0.268 e. The normalized spacial score (nSPS) is 11.7. The van der Waals surface area contributed by atoms with Crippen LogP contribution in [0.3, 0.4) is 0 Å². The molecule has 0 aliphatic carbocycles. The van der Waals surface area contributed by atoms with Crippen LogP contribution in [0.15, 0.2) is 12.3 Å². The first kappa shape index (κ1) is 28.5. The summed E-state index contributed by atoms with van der Waals surface area (Å²) in [6.45, 7) is 5.15. The molecule has 0 radical (unpaired) electrons. The van der Waals surface area contributed by atoms with Gasteiger partial charge in [0.2, 0.25) is 0 Å². The number of carbonyl (C=O) groups is 1. The van der Waals surface area contributed by atoms with E-state index in [1.165, 1.54) is 96.4 Å². The lowest BCUT2D eigenvalue weighted by molar-refractivity contribution is -0.889. The second-order valence-electron chi connectivity index (χ2n) is 10.2. The lowest BCUT2D eigenvalue weighted by Crippen LogP contribution is -2.46. The highest BCUT2D eigenvalue weighted by Crippen LogP contribution is 2.14. The summed E-state index contributed by atoms with van der Waals surface area (Å²) in [4.78, 5) is 12.4. The molecule has 0 atom stereocenters. The molecule has 0 aromatic carbocycles. The SMILES string of the molecule is CCCCCCCCCCCCCCCC[N+](C)(C)CCNC(=O)c1cc(NC)cn1C. The van der Waals surface area contributed by atoms with Crippen molar-refractivity contribution in [1.29, 1.82) is 0 Å². The van der Waals surface area contributed by atoms with Gasteiger partial charge in [-0.2, -0.15) is 0 Å². The highest BCUT2D eigenvalue weighted by molar-refractivity contribution is 5.93. The first-order chi connectivity index (χ1) is 15.4. The van der Waals surface area contributed by atoms with Gasteiger partial charge in [0.1, 0.15) is 5.69 Å². The minimum Gasteiger partial charge on any atom is -0.387 e. The number of aromatic nitrogens is 1. The Hall–Kier alpha value is -1.49. The van der Waals surface area contributed by atoms with Gasteiger partial charge in [0, 0.05) is 20.3 Å². The minimum absolute atomic E-state index is 0.00509. The Kier molecular flexibility index (Phi) is 15.2. The number of aryl methyl sites for hydroxylation is 1. The number of rotatable bonds is 20. The summed E-state index contributed by atoms with van der Waals surface area (Å²) in [5.41, 5.74) is 1.66. The number of nitrogens with zero attached hydrogens (tertiary/aromatic N) is 2. The smallest absolute Gasteiger partial charge is 0.268 e. The fourth-order valence-corrected chi connectivity index (χ4v) is 4.34. The van der Waals surface area contributed by atoms with Crippen LogP contribution in [0.5, 0.6) is 0 Å². The molecule has 0 aliphatic heterocycles. The quantitative estimate of drug-likeness (QED) is 0.180. The van der Waals surface area contributed by atoms with Gasteiger partial charge in [-0.15, -0.1) is 0 Å². The van der Waals surface area contributed by atoms with Gasteiger partial charge in [0.25, 0.3) is 5.91 Å². The molecule has 5 heteroatoms. The molecule has 0 fully saturated rings. The molecular formula is C27H53N4O+. The van der Waals surface area contributed by atoms with Crippen molar-refractivity contribution in [3.8, 4) is 0 Å². The number of carbonyl (C=O) groups excluding carboxylic acids is 1. The Morgan fingerprint density at radius 2 is 1.34 bits per heavy atom. The Morgan fingerprint density at radius 1 is 0.844 bits per heavy atom. The lowest BCUT2D eigenvalue weighted by Gasteiger charge is -2.30. The second kappa shape index (κ2) is 17.0. The Labute approximate surface area is 198 Å². The van der Waals surface area contributed by atoms with Crippen LogP contribution >= 0.6 is 0 Å². The molecule has 0 bridgehead atoms. The highest BCUT2D eigenvalue weighted by atomic mass is 16.1. The third kappa shape index (κ3) is 13.1. The predicted molar refractivity (Wildman–Crippen MR) is 139 cm³/mol. The van der Waals surface area contributed by atoms with E-state index < -0.39 is 0 Å². The van der Waals surface area contributed by atoms with Crippen molar-refractivity contribution in [1.82, 2.24) is 9.88 Å². The van der Waals surface area contributed by atoms with E-state index in [1.807, 2.05) is 30.9 Å². The Balaban J connectivity index is 1.98. The molecule has 1 aromatic rings. The van der Waals surface area contributed by atoms with Gasteiger partial charge in [-0.1, -0.05) is 84.0 Å². The molecule has 186 valence electrons. The number of hydrogen-bond donors (Lipinski definition) is 2. The standard InChI is InChI=1S/C27H52N4O/c1-6-7-8-9-10-11-12-13-14-15-16-17-18-19-21-31(4,5)22-20-29-27(32)26-23-25(28-2)24-30(26)3/h23-24,28H,6-22H2,1-5H3/p+1. The number of nitrogens with one attached hydrogen (secondary N) is 2. The van der Waals surface area contributed by atoms with E-state index in [0.29, 0.717) is 12.2 Å². The van der Waals surface area contributed by atoms with Gasteiger partial charge in [-0.05, 0) is 18.9 Å². The zero-order valence-corrected chi connectivity index (χ0v) is 22.0. The van der Waals surface area contributed by atoms with E-state index in [4.69, 9.17) is 0 Å². The van der Waals surface area contributed by atoms with Crippen LogP contribution in [0.2, 0.25) is 0 Å². The summed E-state index contributed by atoms with van der Waals surface area (Å²) in [6, 6.07) is 1.89. The zero-order chi connectivity index (χ0) is 23.7. The van der Waals surface area contributed by atoms with Gasteiger partial charge in [-0.25, -0.2) is 0 Å². The molecule has 2 N–H and O–H groups in total. The molecule has 0 spiro atoms. The molecule has 5 nitrogen and oxygen atoms in total. The van der Waals surface area contributed by atoms with E-state index in [-0.39, 0.29) is 5.91 Å². The van der Waals surface area contributed by atoms with Crippen molar-refractivity contribution in [3.05, 3.63) is 18.0 Å². The number of quaternary nitrogens is 1. The van der Waals surface area contributed by atoms with Crippen molar-refractivity contribution < 1.29 is 9.28 Å². The highest BCUT2D eigenvalue weighted by Gasteiger charge is 2.16. The number of anilines is 1. The molecule has 1 aromatic heterocycles. The molecule has 0 aliphatic rings. The van der Waals surface area contributed by atoms with Crippen molar-refractivity contribution in [2.24, 2.45) is 7.05 Å². The summed E-state index contributed by atoms with van der Waals surface area (Å²) >= 11 is 0. The summed E-state index contributed by atoms with van der Waals surface area (Å²) < 4.78 is 2.84. The number of amides is 1. The second-order valence-corrected chi connectivity index (χ2v) is 10.2. The van der Waals surface area contributed by atoms with Crippen molar-refractivity contribution >= 4 is 11.6 Å². The number of likely N-dealkylation sites (N-methyl/N-ethyl adjacent to an activating group) is 1. The lowest BCUT2D eigenvalue weighted by atomic mass is 10.0. The van der Waals surface area contributed by atoms with Crippen LogP contribution in [0, 0.1) is 0 Å². The Morgan fingerprint density at radius 3 is 1.81 bits per heavy atom. The van der Waals surface area contributed by atoms with E-state index in [0.717, 1.165) is 16.7 Å². The van der Waals surface area contributed by atoms with E-state index in [9.17, 15) is 4.79 Å². The van der Waals surface area contributed by atoms with E-state index >= 15 is 0 Å². The van der Waals surface area contributed by atoms with Gasteiger partial charge in [0.05, 0.1) is 39.4 Å². The fraction of sp³-hybridized carbons (Fsp3) is 0.815. The third-order valence-corrected chi connectivity index (χ3v) is 6.65.